The van der Waals surface area contributed by atoms with Crippen LogP contribution in [0.5, 0.6) is 0 Å². The molecule has 0 saturated heterocycles. The predicted molar refractivity (Wildman–Crippen MR) is 120 cm³/mol. The van der Waals surface area contributed by atoms with Crippen molar-refractivity contribution in [3.05, 3.63) is 53.7 Å². The second-order valence-corrected chi connectivity index (χ2v) is 7.24. The van der Waals surface area contributed by atoms with Gasteiger partial charge in [-0.3, -0.25) is 0 Å². The number of benzene rings is 2. The van der Waals surface area contributed by atoms with Crippen molar-refractivity contribution in [1.29, 1.82) is 0 Å². The van der Waals surface area contributed by atoms with Crippen molar-refractivity contribution < 1.29 is 0 Å². The van der Waals surface area contributed by atoms with Gasteiger partial charge in [0.2, 0.25) is 5.95 Å². The van der Waals surface area contributed by atoms with Crippen LogP contribution in [0.15, 0.2) is 42.6 Å². The molecular weight excluding hydrogens is 344 g/mol. The maximum absolute atomic E-state index is 4.70. The van der Waals surface area contributed by atoms with E-state index in [2.05, 4.69) is 79.3 Å². The first-order valence-electron chi connectivity index (χ1n) is 10.5. The molecule has 2 aromatic carbocycles. The number of rotatable bonds is 9. The van der Waals surface area contributed by atoms with Crippen LogP contribution in [0.2, 0.25) is 0 Å². The van der Waals surface area contributed by atoms with Crippen LogP contribution < -0.4 is 5.32 Å². The van der Waals surface area contributed by atoms with Crippen LogP contribution in [0.1, 0.15) is 38.3 Å². The van der Waals surface area contributed by atoms with Crippen molar-refractivity contribution in [3.8, 4) is 11.1 Å². The van der Waals surface area contributed by atoms with Crippen molar-refractivity contribution in [2.45, 2.75) is 40.5 Å². The quantitative estimate of drug-likeness (QED) is 0.514. The Kier molecular flexibility index (Phi) is 6.99. The Morgan fingerprint density at radius 3 is 2.61 bits per heavy atom. The molecule has 0 bridgehead atoms. The van der Waals surface area contributed by atoms with E-state index in [4.69, 9.17) is 4.98 Å². The first kappa shape index (κ1) is 20.3. The molecule has 4 nitrogen and oxygen atoms in total. The Balaban J connectivity index is 1.74. The molecule has 1 aromatic heterocycles. The molecule has 0 atom stereocenters. The minimum Gasteiger partial charge on any atom is -0.354 e. The molecule has 0 fully saturated rings. The van der Waals surface area contributed by atoms with E-state index in [1.807, 2.05) is 6.20 Å². The summed E-state index contributed by atoms with van der Waals surface area (Å²) in [6.45, 7) is 13.0. The zero-order chi connectivity index (χ0) is 19.9. The van der Waals surface area contributed by atoms with Crippen molar-refractivity contribution in [1.82, 2.24) is 14.9 Å². The van der Waals surface area contributed by atoms with Gasteiger partial charge in [-0.15, -0.1) is 0 Å². The van der Waals surface area contributed by atoms with Gasteiger partial charge in [0.15, 0.2) is 0 Å². The van der Waals surface area contributed by atoms with Crippen LogP contribution in [-0.4, -0.2) is 41.0 Å². The van der Waals surface area contributed by atoms with Crippen LogP contribution in [0.25, 0.3) is 22.0 Å². The molecular formula is C24H32N4. The van der Waals surface area contributed by atoms with Gasteiger partial charge in [-0.1, -0.05) is 45.0 Å². The molecule has 4 heteroatoms. The number of nitrogens with zero attached hydrogens (tertiary/aromatic N) is 3. The number of aromatic nitrogens is 2. The summed E-state index contributed by atoms with van der Waals surface area (Å²) in [6.07, 6.45) is 4.06. The van der Waals surface area contributed by atoms with E-state index in [9.17, 15) is 0 Å². The van der Waals surface area contributed by atoms with E-state index in [0.717, 1.165) is 49.9 Å². The fourth-order valence-corrected chi connectivity index (χ4v) is 3.75. The molecule has 0 unspecified atom stereocenters. The van der Waals surface area contributed by atoms with Crippen LogP contribution in [-0.2, 0) is 6.42 Å². The average molecular weight is 377 g/mol. The summed E-state index contributed by atoms with van der Waals surface area (Å²) in [4.78, 5) is 11.7. The van der Waals surface area contributed by atoms with Crippen LogP contribution >= 0.6 is 0 Å². The van der Waals surface area contributed by atoms with Gasteiger partial charge in [0, 0.05) is 18.1 Å². The second-order valence-electron chi connectivity index (χ2n) is 7.24. The highest BCUT2D eigenvalue weighted by Crippen LogP contribution is 2.30. The lowest BCUT2D eigenvalue weighted by atomic mass is 9.93. The molecule has 3 aromatic rings. The number of nitrogens with one attached hydrogen (secondary N) is 1. The van der Waals surface area contributed by atoms with E-state index in [1.165, 1.54) is 22.3 Å². The zero-order valence-electron chi connectivity index (χ0n) is 17.6. The highest BCUT2D eigenvalue weighted by molar-refractivity contribution is 5.86. The molecule has 0 aliphatic heterocycles. The van der Waals surface area contributed by atoms with Gasteiger partial charge in [0.1, 0.15) is 0 Å². The van der Waals surface area contributed by atoms with Gasteiger partial charge < -0.3 is 10.2 Å². The summed E-state index contributed by atoms with van der Waals surface area (Å²) in [6, 6.07) is 13.0. The molecule has 0 radical (unpaired) electrons. The maximum Gasteiger partial charge on any atom is 0.223 e. The lowest BCUT2D eigenvalue weighted by Gasteiger charge is -2.17. The highest BCUT2D eigenvalue weighted by Gasteiger charge is 2.09. The van der Waals surface area contributed by atoms with E-state index >= 15 is 0 Å². The van der Waals surface area contributed by atoms with E-state index in [1.54, 1.807) is 0 Å². The van der Waals surface area contributed by atoms with E-state index in [-0.39, 0.29) is 0 Å². The summed E-state index contributed by atoms with van der Waals surface area (Å²) in [5.74, 6) is 0.713. The van der Waals surface area contributed by atoms with E-state index < -0.39 is 0 Å². The number of fused-ring (bicyclic) bond motifs is 1. The average Bonchev–Trinajstić information content (AvgIpc) is 2.73. The minimum atomic E-state index is 0.713. The van der Waals surface area contributed by atoms with Crippen molar-refractivity contribution in [3.63, 3.8) is 0 Å². The monoisotopic (exact) mass is 376 g/mol. The lowest BCUT2D eigenvalue weighted by molar-refractivity contribution is 0.303. The Bertz CT molecular complexity index is 916. The molecule has 0 spiro atoms. The van der Waals surface area contributed by atoms with E-state index in [0.29, 0.717) is 5.95 Å². The highest BCUT2D eigenvalue weighted by atomic mass is 15.1. The largest absolute Gasteiger partial charge is 0.354 e. The molecule has 0 aliphatic rings. The zero-order valence-corrected chi connectivity index (χ0v) is 17.6. The maximum atomic E-state index is 4.70. The van der Waals surface area contributed by atoms with Gasteiger partial charge in [0.25, 0.3) is 0 Å². The van der Waals surface area contributed by atoms with Gasteiger partial charge in [0.05, 0.1) is 5.52 Å². The van der Waals surface area contributed by atoms with Crippen LogP contribution in [0, 0.1) is 6.92 Å². The summed E-state index contributed by atoms with van der Waals surface area (Å²) >= 11 is 0. The fraction of sp³-hybridized carbons (Fsp3) is 0.417. The number of anilines is 1. The van der Waals surface area contributed by atoms with Gasteiger partial charge in [-0.05, 0) is 73.8 Å². The number of hydrogen-bond donors (Lipinski definition) is 1. The Hall–Kier alpha value is -2.46. The molecule has 0 aliphatic carbocycles. The molecule has 3 rings (SSSR count). The first-order valence-corrected chi connectivity index (χ1v) is 10.5. The summed E-state index contributed by atoms with van der Waals surface area (Å²) in [5.41, 5.74) is 6.26. The van der Waals surface area contributed by atoms with Gasteiger partial charge >= 0.3 is 0 Å². The Morgan fingerprint density at radius 1 is 1.04 bits per heavy atom. The molecule has 148 valence electrons. The molecule has 0 amide bonds. The SMILES string of the molecule is CCc1cccc(C)c1-c1ccc2nc(NCCCN(CC)CC)ncc2c1. The number of aryl methyl sites for hydroxylation is 2. The third kappa shape index (κ3) is 4.68. The molecule has 1 N–H and O–H groups in total. The predicted octanol–water partition coefficient (Wildman–Crippen LogP) is 5.31. The standard InChI is InChI=1S/C24H32N4/c1-5-19-11-8-10-18(4)23(19)20-12-13-22-21(16-20)17-26-24(27-22)25-14-9-15-28(6-2)7-3/h8,10-13,16-17H,5-7,9,14-15H2,1-4H3,(H,25,26,27). The van der Waals surface area contributed by atoms with Crippen molar-refractivity contribution >= 4 is 16.9 Å². The normalized spacial score (nSPS) is 11.3. The first-order chi connectivity index (χ1) is 13.7. The fourth-order valence-electron chi connectivity index (χ4n) is 3.75. The third-order valence-electron chi connectivity index (χ3n) is 5.44. The van der Waals surface area contributed by atoms with Crippen molar-refractivity contribution in [2.24, 2.45) is 0 Å². The Labute approximate surface area is 169 Å². The van der Waals surface area contributed by atoms with Crippen molar-refractivity contribution in [2.75, 3.05) is 31.5 Å². The van der Waals surface area contributed by atoms with Gasteiger partial charge in [-0.2, -0.15) is 0 Å². The smallest absolute Gasteiger partial charge is 0.223 e. The summed E-state index contributed by atoms with van der Waals surface area (Å²) in [5, 5.41) is 4.45. The van der Waals surface area contributed by atoms with Crippen LogP contribution in [0.4, 0.5) is 5.95 Å². The summed E-state index contributed by atoms with van der Waals surface area (Å²) < 4.78 is 0. The second kappa shape index (κ2) is 9.65. The summed E-state index contributed by atoms with van der Waals surface area (Å²) in [7, 11) is 0. The Morgan fingerprint density at radius 2 is 1.86 bits per heavy atom. The molecule has 1 heterocycles. The van der Waals surface area contributed by atoms with Crippen LogP contribution in [0.3, 0.4) is 0 Å². The third-order valence-corrected chi connectivity index (χ3v) is 5.44. The lowest BCUT2D eigenvalue weighted by Crippen LogP contribution is -2.25. The van der Waals surface area contributed by atoms with Gasteiger partial charge in [-0.25, -0.2) is 9.97 Å². The number of hydrogen-bond acceptors (Lipinski definition) is 4. The molecule has 0 saturated carbocycles. The topological polar surface area (TPSA) is 41.1 Å². The molecule has 28 heavy (non-hydrogen) atoms. The minimum absolute atomic E-state index is 0.713.